The van der Waals surface area contributed by atoms with E-state index in [0.29, 0.717) is 5.56 Å². The van der Waals surface area contributed by atoms with E-state index >= 15 is 0 Å². The van der Waals surface area contributed by atoms with Crippen molar-refractivity contribution in [2.75, 3.05) is 32.6 Å². The van der Waals surface area contributed by atoms with Gasteiger partial charge < -0.3 is 15.3 Å². The van der Waals surface area contributed by atoms with Gasteiger partial charge in [-0.05, 0) is 44.6 Å². The normalized spacial score (nSPS) is 9.86. The largest absolute Gasteiger partial charge is 0.396 e. The molecule has 0 atom stereocenters. The molecule has 0 aliphatic carbocycles. The van der Waals surface area contributed by atoms with Crippen molar-refractivity contribution in [3.8, 4) is 6.07 Å². The molecule has 0 saturated heterocycles. The van der Waals surface area contributed by atoms with Gasteiger partial charge >= 0.3 is 0 Å². The van der Waals surface area contributed by atoms with Crippen LogP contribution in [0.2, 0.25) is 0 Å². The number of benzene rings is 1. The lowest BCUT2D eigenvalue weighted by atomic mass is 10.1. The number of hydrogen-bond acceptors (Lipinski definition) is 4. The van der Waals surface area contributed by atoms with Crippen LogP contribution in [0.3, 0.4) is 0 Å². The zero-order chi connectivity index (χ0) is 16.8. The maximum atomic E-state index is 9.22. The summed E-state index contributed by atoms with van der Waals surface area (Å²) >= 11 is 0. The average Bonchev–Trinajstić information content (AvgIpc) is 2.53. The predicted octanol–water partition coefficient (Wildman–Crippen LogP) is 3.61. The van der Waals surface area contributed by atoms with Crippen molar-refractivity contribution < 1.29 is 5.11 Å². The minimum atomic E-state index is 0.277. The summed E-state index contributed by atoms with van der Waals surface area (Å²) in [4.78, 5) is 2.09. The molecule has 0 radical (unpaired) electrons. The Morgan fingerprint density at radius 3 is 2.41 bits per heavy atom. The van der Waals surface area contributed by atoms with Crippen molar-refractivity contribution in [2.45, 2.75) is 46.1 Å². The number of nitriles is 1. The molecule has 1 aromatic rings. The van der Waals surface area contributed by atoms with Crippen LogP contribution in [0.5, 0.6) is 0 Å². The van der Waals surface area contributed by atoms with E-state index in [2.05, 4.69) is 22.4 Å². The van der Waals surface area contributed by atoms with Gasteiger partial charge in [-0.2, -0.15) is 5.26 Å². The molecule has 2 N–H and O–H groups in total. The number of aliphatic hydroxyl groups is 1. The summed E-state index contributed by atoms with van der Waals surface area (Å²) in [5, 5.41) is 21.2. The van der Waals surface area contributed by atoms with Crippen LogP contribution < -0.4 is 5.32 Å². The summed E-state index contributed by atoms with van der Waals surface area (Å²) in [6.07, 6.45) is 4.10. The second-order valence-electron chi connectivity index (χ2n) is 5.29. The molecule has 0 spiro atoms. The number of nitrogens with zero attached hydrogens (tertiary/aromatic N) is 2. The molecule has 1 aromatic carbocycles. The summed E-state index contributed by atoms with van der Waals surface area (Å²) in [7, 11) is 4.04. The highest BCUT2D eigenvalue weighted by atomic mass is 16.2. The van der Waals surface area contributed by atoms with E-state index in [1.54, 1.807) is 0 Å². The van der Waals surface area contributed by atoms with Crippen molar-refractivity contribution in [3.63, 3.8) is 0 Å². The molecule has 4 nitrogen and oxygen atoms in total. The molecule has 4 heteroatoms. The quantitative estimate of drug-likeness (QED) is 0.684. The Morgan fingerprint density at radius 1 is 1.14 bits per heavy atom. The summed E-state index contributed by atoms with van der Waals surface area (Å²) in [6.45, 7) is 5.99. The zero-order valence-electron chi connectivity index (χ0n) is 14.5. The third kappa shape index (κ3) is 8.66. The van der Waals surface area contributed by atoms with Gasteiger partial charge in [0.15, 0.2) is 0 Å². The van der Waals surface area contributed by atoms with Crippen molar-refractivity contribution in [3.05, 3.63) is 29.3 Å². The van der Waals surface area contributed by atoms with Gasteiger partial charge in [0.05, 0.1) is 11.3 Å². The molecule has 22 heavy (non-hydrogen) atoms. The van der Waals surface area contributed by atoms with Crippen LogP contribution in [0.4, 0.5) is 5.69 Å². The number of nitrogens with one attached hydrogen (secondary N) is 1. The molecule has 0 heterocycles. The molecule has 0 aliphatic heterocycles. The first kappa shape index (κ1) is 20.4. The molecule has 124 valence electrons. The van der Waals surface area contributed by atoms with Gasteiger partial charge in [-0.1, -0.05) is 32.8 Å². The van der Waals surface area contributed by atoms with Gasteiger partial charge in [0.25, 0.3) is 0 Å². The van der Waals surface area contributed by atoms with Crippen molar-refractivity contribution in [1.29, 1.82) is 5.26 Å². The lowest BCUT2D eigenvalue weighted by Gasteiger charge is -2.12. The molecule has 0 amide bonds. The SMILES string of the molecule is CC.CN(C)Cc1ccc(NCCCCCCO)c(C#N)c1. The first-order valence-electron chi connectivity index (χ1n) is 8.20. The Morgan fingerprint density at radius 2 is 1.82 bits per heavy atom. The van der Waals surface area contributed by atoms with Crippen LogP contribution in [0.25, 0.3) is 0 Å². The summed E-state index contributed by atoms with van der Waals surface area (Å²) in [5.74, 6) is 0. The summed E-state index contributed by atoms with van der Waals surface area (Å²) < 4.78 is 0. The van der Waals surface area contributed by atoms with Gasteiger partial charge in [0.2, 0.25) is 0 Å². The Hall–Kier alpha value is -1.57. The standard InChI is InChI=1S/C16H25N3O.C2H6/c1-19(2)13-14-7-8-16(15(11-14)12-17)18-9-5-3-4-6-10-20;1-2/h7-8,11,18,20H,3-6,9-10,13H2,1-2H3;1-2H3. The molecule has 0 saturated carbocycles. The highest BCUT2D eigenvalue weighted by molar-refractivity contribution is 5.58. The van der Waals surface area contributed by atoms with E-state index in [0.717, 1.165) is 50.0 Å². The van der Waals surface area contributed by atoms with Gasteiger partial charge in [0, 0.05) is 19.7 Å². The lowest BCUT2D eigenvalue weighted by Crippen LogP contribution is -2.11. The van der Waals surface area contributed by atoms with Gasteiger partial charge in [-0.15, -0.1) is 0 Å². The first-order valence-corrected chi connectivity index (χ1v) is 8.20. The third-order valence-electron chi connectivity index (χ3n) is 3.10. The second-order valence-corrected chi connectivity index (χ2v) is 5.29. The van der Waals surface area contributed by atoms with E-state index in [4.69, 9.17) is 5.11 Å². The molecule has 0 aliphatic rings. The fourth-order valence-corrected chi connectivity index (χ4v) is 2.11. The number of aliphatic hydroxyl groups excluding tert-OH is 1. The number of unbranched alkanes of at least 4 members (excludes halogenated alkanes) is 3. The Balaban J connectivity index is 0.00000211. The smallest absolute Gasteiger partial charge is 0.101 e. The summed E-state index contributed by atoms with van der Waals surface area (Å²) in [5.41, 5.74) is 2.77. The lowest BCUT2D eigenvalue weighted by molar-refractivity contribution is 0.283. The van der Waals surface area contributed by atoms with E-state index < -0.39 is 0 Å². The maximum Gasteiger partial charge on any atom is 0.101 e. The number of anilines is 1. The van der Waals surface area contributed by atoms with Gasteiger partial charge in [0.1, 0.15) is 6.07 Å². The van der Waals surface area contributed by atoms with Crippen molar-refractivity contribution in [1.82, 2.24) is 4.90 Å². The van der Waals surface area contributed by atoms with Crippen molar-refractivity contribution in [2.24, 2.45) is 0 Å². The number of hydrogen-bond donors (Lipinski definition) is 2. The fraction of sp³-hybridized carbons (Fsp3) is 0.611. The average molecular weight is 305 g/mol. The Bertz CT molecular complexity index is 438. The second kappa shape index (κ2) is 13.1. The zero-order valence-corrected chi connectivity index (χ0v) is 14.5. The van der Waals surface area contributed by atoms with Crippen molar-refractivity contribution >= 4 is 5.69 Å². The van der Waals surface area contributed by atoms with Crippen LogP contribution in [-0.4, -0.2) is 37.3 Å². The molecular formula is C18H31N3O. The maximum absolute atomic E-state index is 9.22. The van der Waals surface area contributed by atoms with Gasteiger partial charge in [-0.25, -0.2) is 0 Å². The van der Waals surface area contributed by atoms with E-state index in [1.807, 2.05) is 40.1 Å². The molecule has 0 fully saturated rings. The van der Waals surface area contributed by atoms with Crippen LogP contribution in [0.15, 0.2) is 18.2 Å². The van der Waals surface area contributed by atoms with Crippen LogP contribution in [-0.2, 0) is 6.54 Å². The minimum absolute atomic E-state index is 0.277. The van der Waals surface area contributed by atoms with E-state index in [9.17, 15) is 5.26 Å². The fourth-order valence-electron chi connectivity index (χ4n) is 2.11. The minimum Gasteiger partial charge on any atom is -0.396 e. The van der Waals surface area contributed by atoms with Crippen LogP contribution in [0.1, 0.15) is 50.7 Å². The third-order valence-corrected chi connectivity index (χ3v) is 3.10. The van der Waals surface area contributed by atoms with Gasteiger partial charge in [-0.3, -0.25) is 0 Å². The van der Waals surface area contributed by atoms with E-state index in [1.165, 1.54) is 0 Å². The van der Waals surface area contributed by atoms with E-state index in [-0.39, 0.29) is 6.61 Å². The predicted molar refractivity (Wildman–Crippen MR) is 93.9 cm³/mol. The molecule has 0 aromatic heterocycles. The highest BCUT2D eigenvalue weighted by Crippen LogP contribution is 2.17. The van der Waals surface area contributed by atoms with Crippen LogP contribution in [0, 0.1) is 11.3 Å². The molecule has 0 unspecified atom stereocenters. The first-order chi connectivity index (χ1) is 10.7. The molecule has 0 bridgehead atoms. The number of rotatable bonds is 9. The molecular weight excluding hydrogens is 274 g/mol. The Kier molecular flexibility index (Phi) is 12.2. The highest BCUT2D eigenvalue weighted by Gasteiger charge is 2.04. The Labute approximate surface area is 135 Å². The molecule has 1 rings (SSSR count). The summed E-state index contributed by atoms with van der Waals surface area (Å²) in [6, 6.07) is 8.26. The van der Waals surface area contributed by atoms with Crippen LogP contribution >= 0.6 is 0 Å². The topological polar surface area (TPSA) is 59.3 Å². The monoisotopic (exact) mass is 305 g/mol.